The number of carbonyl (C=O) groups excluding carboxylic acids is 1. The predicted molar refractivity (Wildman–Crippen MR) is 100 cm³/mol. The van der Waals surface area contributed by atoms with Crippen LogP contribution in [-0.4, -0.2) is 11.6 Å². The van der Waals surface area contributed by atoms with Crippen LogP contribution in [-0.2, 0) is 16.6 Å². The summed E-state index contributed by atoms with van der Waals surface area (Å²) in [5.41, 5.74) is 7.05. The van der Waals surface area contributed by atoms with Crippen molar-refractivity contribution < 1.29 is 4.79 Å². The molecule has 0 aliphatic carbocycles. The van der Waals surface area contributed by atoms with E-state index in [2.05, 4.69) is 55.6 Å². The predicted octanol–water partition coefficient (Wildman–Crippen LogP) is 4.46. The zero-order valence-electron chi connectivity index (χ0n) is 15.0. The minimum atomic E-state index is -0.0653. The maximum Gasteiger partial charge on any atom is 0.240 e. The number of benzene rings is 2. The van der Waals surface area contributed by atoms with Gasteiger partial charge in [-0.15, -0.1) is 0 Å². The zero-order valence-corrected chi connectivity index (χ0v) is 15.0. The molecule has 0 atom stereocenters. The van der Waals surface area contributed by atoms with Gasteiger partial charge in [-0.2, -0.15) is 5.10 Å². The van der Waals surface area contributed by atoms with Crippen molar-refractivity contribution in [2.75, 3.05) is 0 Å². The SMILES string of the molecule is C/C(=N/NC(=O)CCc1ccccc1)c1ccc(C(C)(C)C)cc1. The van der Waals surface area contributed by atoms with E-state index in [0.29, 0.717) is 6.42 Å². The first-order valence-corrected chi connectivity index (χ1v) is 8.34. The Morgan fingerprint density at radius 2 is 1.62 bits per heavy atom. The van der Waals surface area contributed by atoms with Crippen molar-refractivity contribution >= 4 is 11.6 Å². The van der Waals surface area contributed by atoms with Gasteiger partial charge in [0, 0.05) is 6.42 Å². The summed E-state index contributed by atoms with van der Waals surface area (Å²) >= 11 is 0. The summed E-state index contributed by atoms with van der Waals surface area (Å²) in [6, 6.07) is 18.3. The molecule has 2 rings (SSSR count). The van der Waals surface area contributed by atoms with Crippen molar-refractivity contribution in [1.29, 1.82) is 0 Å². The van der Waals surface area contributed by atoms with E-state index in [4.69, 9.17) is 0 Å². The molecule has 0 aliphatic rings. The number of amides is 1. The Kier molecular flexibility index (Phi) is 5.91. The molecule has 1 amide bonds. The maximum atomic E-state index is 11.9. The molecule has 0 saturated heterocycles. The second kappa shape index (κ2) is 7.91. The number of nitrogens with zero attached hydrogens (tertiary/aromatic N) is 1. The highest BCUT2D eigenvalue weighted by atomic mass is 16.2. The molecule has 0 fully saturated rings. The molecule has 3 nitrogen and oxygen atoms in total. The second-order valence-electron chi connectivity index (χ2n) is 7.05. The minimum absolute atomic E-state index is 0.0653. The Morgan fingerprint density at radius 1 is 1.00 bits per heavy atom. The molecule has 0 aromatic heterocycles. The Morgan fingerprint density at radius 3 is 2.21 bits per heavy atom. The topological polar surface area (TPSA) is 41.5 Å². The fraction of sp³-hybridized carbons (Fsp3) is 0.333. The average molecular weight is 322 g/mol. The molecule has 0 unspecified atom stereocenters. The van der Waals surface area contributed by atoms with Crippen LogP contribution in [0.5, 0.6) is 0 Å². The third kappa shape index (κ3) is 5.34. The Bertz CT molecular complexity index is 695. The Hall–Kier alpha value is -2.42. The molecule has 1 N–H and O–H groups in total. The van der Waals surface area contributed by atoms with Gasteiger partial charge >= 0.3 is 0 Å². The van der Waals surface area contributed by atoms with Crippen LogP contribution >= 0.6 is 0 Å². The van der Waals surface area contributed by atoms with Crippen LogP contribution in [0, 0.1) is 0 Å². The molecule has 3 heteroatoms. The number of hydrogen-bond acceptors (Lipinski definition) is 2. The second-order valence-corrected chi connectivity index (χ2v) is 7.05. The van der Waals surface area contributed by atoms with Crippen molar-refractivity contribution in [3.63, 3.8) is 0 Å². The van der Waals surface area contributed by atoms with Crippen LogP contribution in [0.4, 0.5) is 0 Å². The molecular formula is C21H26N2O. The molecule has 0 heterocycles. The Balaban J connectivity index is 1.90. The number of rotatable bonds is 5. The number of carbonyl (C=O) groups is 1. The summed E-state index contributed by atoms with van der Waals surface area (Å²) in [6.45, 7) is 8.48. The fourth-order valence-corrected chi connectivity index (χ4v) is 2.38. The molecule has 126 valence electrons. The number of nitrogens with one attached hydrogen (secondary N) is 1. The normalized spacial score (nSPS) is 12.1. The lowest BCUT2D eigenvalue weighted by Crippen LogP contribution is -2.19. The van der Waals surface area contributed by atoms with Gasteiger partial charge in [0.2, 0.25) is 5.91 Å². The van der Waals surface area contributed by atoms with E-state index >= 15 is 0 Å². The number of hydrogen-bond donors (Lipinski definition) is 1. The fourth-order valence-electron chi connectivity index (χ4n) is 2.38. The lowest BCUT2D eigenvalue weighted by atomic mass is 9.86. The van der Waals surface area contributed by atoms with Crippen LogP contribution < -0.4 is 5.43 Å². The van der Waals surface area contributed by atoms with Gasteiger partial charge in [-0.3, -0.25) is 4.79 Å². The first kappa shape index (κ1) is 17.9. The van der Waals surface area contributed by atoms with Gasteiger partial charge in [-0.05, 0) is 35.4 Å². The van der Waals surface area contributed by atoms with E-state index in [0.717, 1.165) is 23.3 Å². The lowest BCUT2D eigenvalue weighted by molar-refractivity contribution is -0.121. The average Bonchev–Trinajstić information content (AvgIpc) is 2.58. The maximum absolute atomic E-state index is 11.9. The molecule has 0 aliphatic heterocycles. The first-order chi connectivity index (χ1) is 11.4. The van der Waals surface area contributed by atoms with Gasteiger partial charge in [0.1, 0.15) is 0 Å². The zero-order chi connectivity index (χ0) is 17.6. The van der Waals surface area contributed by atoms with Crippen molar-refractivity contribution in [1.82, 2.24) is 5.43 Å². The van der Waals surface area contributed by atoms with E-state index in [1.165, 1.54) is 5.56 Å². The van der Waals surface area contributed by atoms with E-state index in [-0.39, 0.29) is 11.3 Å². The third-order valence-electron chi connectivity index (χ3n) is 4.00. The van der Waals surface area contributed by atoms with Crippen molar-refractivity contribution in [3.8, 4) is 0 Å². The largest absolute Gasteiger partial charge is 0.273 e. The summed E-state index contributed by atoms with van der Waals surface area (Å²) in [5.74, 6) is -0.0653. The van der Waals surface area contributed by atoms with Gasteiger partial charge in [0.25, 0.3) is 0 Å². The highest BCUT2D eigenvalue weighted by Gasteiger charge is 2.13. The molecule has 0 saturated carbocycles. The van der Waals surface area contributed by atoms with E-state index < -0.39 is 0 Å². The van der Waals surface area contributed by atoms with Crippen molar-refractivity contribution in [2.24, 2.45) is 5.10 Å². The highest BCUT2D eigenvalue weighted by molar-refractivity contribution is 5.99. The quantitative estimate of drug-likeness (QED) is 0.641. The minimum Gasteiger partial charge on any atom is -0.273 e. The van der Waals surface area contributed by atoms with Crippen LogP contribution in [0.15, 0.2) is 59.7 Å². The molecule has 2 aromatic carbocycles. The molecule has 2 aromatic rings. The van der Waals surface area contributed by atoms with Crippen molar-refractivity contribution in [2.45, 2.75) is 46.0 Å². The molecule has 24 heavy (non-hydrogen) atoms. The third-order valence-corrected chi connectivity index (χ3v) is 4.00. The number of hydrazone groups is 1. The summed E-state index contributed by atoms with van der Waals surface area (Å²) in [6.07, 6.45) is 1.16. The Labute approximate surface area is 144 Å². The van der Waals surface area contributed by atoms with Gasteiger partial charge in [0.05, 0.1) is 5.71 Å². The van der Waals surface area contributed by atoms with Crippen LogP contribution in [0.2, 0.25) is 0 Å². The molecule has 0 spiro atoms. The van der Waals surface area contributed by atoms with Gasteiger partial charge in [-0.1, -0.05) is 75.4 Å². The summed E-state index contributed by atoms with van der Waals surface area (Å²) in [4.78, 5) is 11.9. The summed E-state index contributed by atoms with van der Waals surface area (Å²) in [5, 5.41) is 4.22. The molecule has 0 bridgehead atoms. The van der Waals surface area contributed by atoms with Crippen LogP contribution in [0.1, 0.15) is 50.8 Å². The molecular weight excluding hydrogens is 296 g/mol. The summed E-state index contributed by atoms with van der Waals surface area (Å²) in [7, 11) is 0. The van der Waals surface area contributed by atoms with Crippen molar-refractivity contribution in [3.05, 3.63) is 71.3 Å². The van der Waals surface area contributed by atoms with Gasteiger partial charge in [0.15, 0.2) is 0 Å². The van der Waals surface area contributed by atoms with Crippen LogP contribution in [0.3, 0.4) is 0 Å². The highest BCUT2D eigenvalue weighted by Crippen LogP contribution is 2.22. The molecule has 0 radical (unpaired) electrons. The van der Waals surface area contributed by atoms with E-state index in [9.17, 15) is 4.79 Å². The summed E-state index contributed by atoms with van der Waals surface area (Å²) < 4.78 is 0. The lowest BCUT2D eigenvalue weighted by Gasteiger charge is -2.19. The number of aryl methyl sites for hydroxylation is 1. The van der Waals surface area contributed by atoms with Gasteiger partial charge < -0.3 is 0 Å². The van der Waals surface area contributed by atoms with Crippen LogP contribution in [0.25, 0.3) is 0 Å². The monoisotopic (exact) mass is 322 g/mol. The standard InChI is InChI=1S/C21H26N2O/c1-16(18-11-13-19(14-12-18)21(2,3)4)22-23-20(24)15-10-17-8-6-5-7-9-17/h5-9,11-14H,10,15H2,1-4H3,(H,23,24)/b22-16-. The first-order valence-electron chi connectivity index (χ1n) is 8.34. The van der Waals surface area contributed by atoms with E-state index in [1.54, 1.807) is 0 Å². The van der Waals surface area contributed by atoms with Gasteiger partial charge in [-0.25, -0.2) is 5.43 Å². The smallest absolute Gasteiger partial charge is 0.240 e. The van der Waals surface area contributed by atoms with E-state index in [1.807, 2.05) is 37.3 Å².